The zero-order valence-electron chi connectivity index (χ0n) is 9.20. The summed E-state index contributed by atoms with van der Waals surface area (Å²) < 4.78 is 0. The van der Waals surface area contributed by atoms with Gasteiger partial charge in [-0.15, -0.1) is 11.8 Å². The average molecular weight is 232 g/mol. The maximum atomic E-state index is 11.7. The summed E-state index contributed by atoms with van der Waals surface area (Å²) in [6.45, 7) is 4.07. The van der Waals surface area contributed by atoms with E-state index in [1.54, 1.807) is 0 Å². The number of nitriles is 1. The SMILES string of the molecule is Cc1cc2c(cc1C)SC(CC#N)C(=O)N2. The number of carbonyl (C=O) groups is 1. The highest BCUT2D eigenvalue weighted by molar-refractivity contribution is 8.01. The van der Waals surface area contributed by atoms with Gasteiger partial charge in [-0.05, 0) is 37.1 Å². The van der Waals surface area contributed by atoms with Gasteiger partial charge in [-0.3, -0.25) is 4.79 Å². The third-order valence-corrected chi connectivity index (χ3v) is 3.95. The van der Waals surface area contributed by atoms with Crippen molar-refractivity contribution in [2.24, 2.45) is 0 Å². The van der Waals surface area contributed by atoms with E-state index in [0.717, 1.165) is 10.6 Å². The standard InChI is InChI=1S/C12H12N2OS/c1-7-5-9-11(6-8(7)2)16-10(3-4-13)12(15)14-9/h5-6,10H,3H2,1-2H3,(H,14,15). The number of rotatable bonds is 1. The van der Waals surface area contributed by atoms with Crippen molar-refractivity contribution in [2.45, 2.75) is 30.4 Å². The second kappa shape index (κ2) is 4.18. The quantitative estimate of drug-likeness (QED) is 0.809. The molecule has 0 saturated carbocycles. The predicted molar refractivity (Wildman–Crippen MR) is 64.4 cm³/mol. The van der Waals surface area contributed by atoms with Crippen molar-refractivity contribution in [1.29, 1.82) is 5.26 Å². The third-order valence-electron chi connectivity index (χ3n) is 2.69. The van der Waals surface area contributed by atoms with Crippen LogP contribution >= 0.6 is 11.8 Å². The van der Waals surface area contributed by atoms with Crippen LogP contribution in [0.15, 0.2) is 17.0 Å². The number of hydrogen-bond acceptors (Lipinski definition) is 3. The Morgan fingerprint density at radius 3 is 2.81 bits per heavy atom. The third kappa shape index (κ3) is 1.91. The van der Waals surface area contributed by atoms with E-state index in [-0.39, 0.29) is 17.6 Å². The van der Waals surface area contributed by atoms with Crippen molar-refractivity contribution in [3.05, 3.63) is 23.3 Å². The second-order valence-corrected chi connectivity index (χ2v) is 5.14. The first-order chi connectivity index (χ1) is 7.61. The van der Waals surface area contributed by atoms with Crippen LogP contribution in [0.1, 0.15) is 17.5 Å². The first-order valence-electron chi connectivity index (χ1n) is 5.07. The van der Waals surface area contributed by atoms with Gasteiger partial charge in [0.2, 0.25) is 5.91 Å². The lowest BCUT2D eigenvalue weighted by atomic mass is 10.1. The Bertz CT molecular complexity index is 491. The summed E-state index contributed by atoms with van der Waals surface area (Å²) >= 11 is 1.48. The van der Waals surface area contributed by atoms with Gasteiger partial charge in [0, 0.05) is 4.90 Å². The minimum absolute atomic E-state index is 0.0673. The number of thioether (sulfide) groups is 1. The maximum absolute atomic E-state index is 11.7. The molecule has 1 aromatic rings. The van der Waals surface area contributed by atoms with E-state index in [0.29, 0.717) is 0 Å². The Morgan fingerprint density at radius 1 is 1.44 bits per heavy atom. The van der Waals surface area contributed by atoms with Crippen LogP contribution in [-0.2, 0) is 4.79 Å². The Kier molecular flexibility index (Phi) is 2.88. The molecule has 0 spiro atoms. The highest BCUT2D eigenvalue weighted by Crippen LogP contribution is 2.38. The molecule has 1 aromatic carbocycles. The predicted octanol–water partition coefficient (Wildman–Crippen LogP) is 2.63. The lowest BCUT2D eigenvalue weighted by Crippen LogP contribution is -2.28. The fourth-order valence-corrected chi connectivity index (χ4v) is 2.73. The summed E-state index contributed by atoms with van der Waals surface area (Å²) in [7, 11) is 0. The molecular weight excluding hydrogens is 220 g/mol. The van der Waals surface area contributed by atoms with E-state index < -0.39 is 0 Å². The number of hydrogen-bond donors (Lipinski definition) is 1. The number of anilines is 1. The van der Waals surface area contributed by atoms with E-state index in [1.165, 1.54) is 22.9 Å². The number of aryl methyl sites for hydroxylation is 2. The van der Waals surface area contributed by atoms with Crippen molar-refractivity contribution in [3.63, 3.8) is 0 Å². The first kappa shape index (κ1) is 11.0. The summed E-state index contributed by atoms with van der Waals surface area (Å²) in [6.07, 6.45) is 0.253. The summed E-state index contributed by atoms with van der Waals surface area (Å²) in [5, 5.41) is 11.2. The molecule has 82 valence electrons. The molecule has 16 heavy (non-hydrogen) atoms. The molecule has 0 saturated heterocycles. The molecule has 1 amide bonds. The molecule has 0 radical (unpaired) electrons. The van der Waals surface area contributed by atoms with Crippen molar-refractivity contribution in [1.82, 2.24) is 0 Å². The summed E-state index contributed by atoms with van der Waals surface area (Å²) in [5.41, 5.74) is 3.24. The molecule has 1 unspecified atom stereocenters. The normalized spacial score (nSPS) is 18.6. The number of carbonyl (C=O) groups excluding carboxylic acids is 1. The van der Waals surface area contributed by atoms with Crippen LogP contribution in [0.25, 0.3) is 0 Å². The molecule has 2 rings (SSSR count). The van der Waals surface area contributed by atoms with Gasteiger partial charge in [0.05, 0.1) is 18.2 Å². The van der Waals surface area contributed by atoms with Gasteiger partial charge in [-0.1, -0.05) is 0 Å². The van der Waals surface area contributed by atoms with Crippen LogP contribution in [0.3, 0.4) is 0 Å². The molecule has 4 heteroatoms. The zero-order chi connectivity index (χ0) is 11.7. The van der Waals surface area contributed by atoms with Crippen molar-refractivity contribution >= 4 is 23.4 Å². The minimum Gasteiger partial charge on any atom is -0.324 e. The smallest absolute Gasteiger partial charge is 0.238 e. The molecule has 0 aliphatic carbocycles. The maximum Gasteiger partial charge on any atom is 0.238 e. The highest BCUT2D eigenvalue weighted by atomic mass is 32.2. The number of fused-ring (bicyclic) bond motifs is 1. The van der Waals surface area contributed by atoms with E-state index in [1.807, 2.05) is 26.0 Å². The zero-order valence-corrected chi connectivity index (χ0v) is 10.0. The topological polar surface area (TPSA) is 52.9 Å². The minimum atomic E-state index is -0.278. The monoisotopic (exact) mass is 232 g/mol. The van der Waals surface area contributed by atoms with Crippen LogP contribution in [0, 0.1) is 25.2 Å². The van der Waals surface area contributed by atoms with Gasteiger partial charge in [-0.25, -0.2) is 0 Å². The molecule has 3 nitrogen and oxygen atoms in total. The lowest BCUT2D eigenvalue weighted by molar-refractivity contribution is -0.115. The van der Waals surface area contributed by atoms with Crippen LogP contribution in [-0.4, -0.2) is 11.2 Å². The number of nitrogens with one attached hydrogen (secondary N) is 1. The summed E-state index contributed by atoms with van der Waals surface area (Å²) in [4.78, 5) is 12.7. The van der Waals surface area contributed by atoms with Crippen molar-refractivity contribution in [2.75, 3.05) is 5.32 Å². The van der Waals surface area contributed by atoms with Crippen LogP contribution in [0.4, 0.5) is 5.69 Å². The Balaban J connectivity index is 2.36. The molecule has 1 heterocycles. The number of nitrogens with zero attached hydrogens (tertiary/aromatic N) is 1. The first-order valence-corrected chi connectivity index (χ1v) is 5.95. The molecule has 1 aliphatic rings. The van der Waals surface area contributed by atoms with Crippen molar-refractivity contribution < 1.29 is 4.79 Å². The van der Waals surface area contributed by atoms with Crippen LogP contribution in [0.5, 0.6) is 0 Å². The van der Waals surface area contributed by atoms with Gasteiger partial charge in [-0.2, -0.15) is 5.26 Å². The number of amides is 1. The molecular formula is C12H12N2OS. The summed E-state index contributed by atoms with van der Waals surface area (Å²) in [5.74, 6) is -0.0673. The van der Waals surface area contributed by atoms with E-state index in [4.69, 9.17) is 5.26 Å². The van der Waals surface area contributed by atoms with Crippen LogP contribution < -0.4 is 5.32 Å². The second-order valence-electron chi connectivity index (χ2n) is 3.89. The van der Waals surface area contributed by atoms with Gasteiger partial charge in [0.1, 0.15) is 5.25 Å². The molecule has 0 bridgehead atoms. The van der Waals surface area contributed by atoms with E-state index in [9.17, 15) is 4.79 Å². The highest BCUT2D eigenvalue weighted by Gasteiger charge is 2.26. The van der Waals surface area contributed by atoms with Gasteiger partial charge < -0.3 is 5.32 Å². The molecule has 1 atom stereocenters. The Hall–Kier alpha value is -1.47. The van der Waals surface area contributed by atoms with Gasteiger partial charge in [0.15, 0.2) is 0 Å². The van der Waals surface area contributed by atoms with E-state index >= 15 is 0 Å². The summed E-state index contributed by atoms with van der Waals surface area (Å²) in [6, 6.07) is 6.10. The largest absolute Gasteiger partial charge is 0.324 e. The lowest BCUT2D eigenvalue weighted by Gasteiger charge is -2.23. The van der Waals surface area contributed by atoms with E-state index in [2.05, 4.69) is 11.4 Å². The molecule has 1 N–H and O–H groups in total. The molecule has 0 aromatic heterocycles. The van der Waals surface area contributed by atoms with Gasteiger partial charge >= 0.3 is 0 Å². The van der Waals surface area contributed by atoms with Crippen molar-refractivity contribution in [3.8, 4) is 6.07 Å². The number of benzene rings is 1. The average Bonchev–Trinajstić information content (AvgIpc) is 2.23. The molecule has 0 fully saturated rings. The fourth-order valence-electron chi connectivity index (χ4n) is 1.62. The van der Waals surface area contributed by atoms with Crippen LogP contribution in [0.2, 0.25) is 0 Å². The fraction of sp³-hybridized carbons (Fsp3) is 0.333. The Morgan fingerprint density at radius 2 is 2.12 bits per heavy atom. The Labute approximate surface area is 98.8 Å². The van der Waals surface area contributed by atoms with Gasteiger partial charge in [0.25, 0.3) is 0 Å². The molecule has 1 aliphatic heterocycles.